The SMILES string of the molecule is CCN(C(C)C)C(C)C.S. The lowest BCUT2D eigenvalue weighted by atomic mass is 10.2. The van der Waals surface area contributed by atoms with E-state index in [0.29, 0.717) is 12.1 Å². The molecule has 0 radical (unpaired) electrons. The molecule has 0 amide bonds. The van der Waals surface area contributed by atoms with Crippen LogP contribution in [0.3, 0.4) is 0 Å². The molecule has 0 saturated heterocycles. The van der Waals surface area contributed by atoms with Crippen LogP contribution in [-0.2, 0) is 0 Å². The van der Waals surface area contributed by atoms with E-state index in [2.05, 4.69) is 39.5 Å². The van der Waals surface area contributed by atoms with Crippen molar-refractivity contribution in [2.75, 3.05) is 6.54 Å². The van der Waals surface area contributed by atoms with Crippen LogP contribution in [0.1, 0.15) is 34.6 Å². The second-order valence-electron chi connectivity index (χ2n) is 3.02. The molecule has 0 N–H and O–H groups in total. The molecule has 0 aliphatic carbocycles. The molecule has 0 atom stereocenters. The molecule has 1 nitrogen and oxygen atoms in total. The quantitative estimate of drug-likeness (QED) is 0.617. The van der Waals surface area contributed by atoms with Gasteiger partial charge in [-0.15, -0.1) is 0 Å². The van der Waals surface area contributed by atoms with Crippen LogP contribution in [0.2, 0.25) is 0 Å². The second-order valence-corrected chi connectivity index (χ2v) is 3.02. The van der Waals surface area contributed by atoms with Crippen molar-refractivity contribution in [3.05, 3.63) is 0 Å². The number of nitrogens with zero attached hydrogens (tertiary/aromatic N) is 1. The zero-order valence-corrected chi connectivity index (χ0v) is 8.81. The van der Waals surface area contributed by atoms with Crippen LogP contribution in [0.15, 0.2) is 0 Å². The summed E-state index contributed by atoms with van der Waals surface area (Å²) in [5.74, 6) is 0. The van der Waals surface area contributed by atoms with Crippen LogP contribution in [0.25, 0.3) is 0 Å². The third-order valence-electron chi connectivity index (χ3n) is 1.69. The van der Waals surface area contributed by atoms with Crippen LogP contribution >= 0.6 is 13.5 Å². The van der Waals surface area contributed by atoms with E-state index in [0.717, 1.165) is 6.54 Å². The predicted octanol–water partition coefficient (Wildman–Crippen LogP) is 2.24. The molecule has 0 rings (SSSR count). The average Bonchev–Trinajstić information content (AvgIpc) is 1.64. The van der Waals surface area contributed by atoms with E-state index in [4.69, 9.17) is 0 Å². The van der Waals surface area contributed by atoms with Gasteiger partial charge in [-0.2, -0.15) is 13.5 Å². The fourth-order valence-electron chi connectivity index (χ4n) is 1.33. The van der Waals surface area contributed by atoms with Gasteiger partial charge >= 0.3 is 0 Å². The highest BCUT2D eigenvalue weighted by Gasteiger charge is 2.08. The number of rotatable bonds is 3. The van der Waals surface area contributed by atoms with E-state index < -0.39 is 0 Å². The van der Waals surface area contributed by atoms with Gasteiger partial charge in [0.05, 0.1) is 0 Å². The van der Waals surface area contributed by atoms with Gasteiger partial charge in [0, 0.05) is 12.1 Å². The molecule has 0 aromatic heterocycles. The Morgan fingerprint density at radius 2 is 1.30 bits per heavy atom. The Kier molecular flexibility index (Phi) is 7.83. The van der Waals surface area contributed by atoms with Crippen molar-refractivity contribution in [3.8, 4) is 0 Å². The summed E-state index contributed by atoms with van der Waals surface area (Å²) in [7, 11) is 0. The molecule has 0 aromatic carbocycles. The molecule has 0 spiro atoms. The molecule has 0 saturated carbocycles. The summed E-state index contributed by atoms with van der Waals surface area (Å²) in [6, 6.07) is 1.38. The van der Waals surface area contributed by atoms with Crippen LogP contribution in [-0.4, -0.2) is 23.5 Å². The van der Waals surface area contributed by atoms with E-state index in [-0.39, 0.29) is 13.5 Å². The van der Waals surface area contributed by atoms with E-state index in [1.165, 1.54) is 0 Å². The molecular formula is C8H21NS. The summed E-state index contributed by atoms with van der Waals surface area (Å²) >= 11 is 0. The second kappa shape index (κ2) is 6.05. The van der Waals surface area contributed by atoms with Gasteiger partial charge in [0.2, 0.25) is 0 Å². The molecule has 2 heteroatoms. The smallest absolute Gasteiger partial charge is 0.00411 e. The van der Waals surface area contributed by atoms with Crippen molar-refractivity contribution < 1.29 is 0 Å². The lowest BCUT2D eigenvalue weighted by Crippen LogP contribution is -2.36. The Bertz CT molecular complexity index is 63.7. The summed E-state index contributed by atoms with van der Waals surface area (Å²) in [6.45, 7) is 12.3. The van der Waals surface area contributed by atoms with E-state index in [1.54, 1.807) is 0 Å². The normalized spacial score (nSPS) is 10.8. The van der Waals surface area contributed by atoms with Gasteiger partial charge in [-0.3, -0.25) is 4.90 Å². The third-order valence-corrected chi connectivity index (χ3v) is 1.69. The predicted molar refractivity (Wildman–Crippen MR) is 53.0 cm³/mol. The highest BCUT2D eigenvalue weighted by atomic mass is 32.1. The molecule has 0 aromatic rings. The molecule has 0 fully saturated rings. The van der Waals surface area contributed by atoms with E-state index in [1.807, 2.05) is 0 Å². The van der Waals surface area contributed by atoms with Crippen LogP contribution in [0.4, 0.5) is 0 Å². The van der Waals surface area contributed by atoms with Gasteiger partial charge in [0.1, 0.15) is 0 Å². The molecule has 0 aliphatic heterocycles. The van der Waals surface area contributed by atoms with Crippen molar-refractivity contribution in [2.45, 2.75) is 46.7 Å². The first-order valence-corrected chi connectivity index (χ1v) is 3.85. The fourth-order valence-corrected chi connectivity index (χ4v) is 1.33. The minimum atomic E-state index is 0. The largest absolute Gasteiger partial charge is 0.299 e. The van der Waals surface area contributed by atoms with Gasteiger partial charge in [0.15, 0.2) is 0 Å². The first-order valence-electron chi connectivity index (χ1n) is 3.85. The number of hydrogen-bond donors (Lipinski definition) is 0. The molecule has 0 bridgehead atoms. The summed E-state index contributed by atoms with van der Waals surface area (Å²) in [5, 5.41) is 0. The van der Waals surface area contributed by atoms with Gasteiger partial charge in [0.25, 0.3) is 0 Å². The van der Waals surface area contributed by atoms with E-state index in [9.17, 15) is 0 Å². The van der Waals surface area contributed by atoms with Crippen LogP contribution < -0.4 is 0 Å². The maximum atomic E-state index is 2.46. The lowest BCUT2D eigenvalue weighted by Gasteiger charge is -2.28. The zero-order chi connectivity index (χ0) is 7.44. The standard InChI is InChI=1S/C8H19N.H2S/c1-6-9(7(2)3)8(4)5;/h7-8H,6H2,1-5H3;1H2. The van der Waals surface area contributed by atoms with Crippen molar-refractivity contribution in [3.63, 3.8) is 0 Å². The first kappa shape index (κ1) is 12.9. The van der Waals surface area contributed by atoms with Crippen molar-refractivity contribution in [1.29, 1.82) is 0 Å². The summed E-state index contributed by atoms with van der Waals surface area (Å²) in [5.41, 5.74) is 0. The van der Waals surface area contributed by atoms with Gasteiger partial charge in [-0.1, -0.05) is 6.92 Å². The topological polar surface area (TPSA) is 3.24 Å². The van der Waals surface area contributed by atoms with Crippen molar-refractivity contribution >= 4 is 13.5 Å². The molecule has 64 valence electrons. The molecule has 0 heterocycles. The maximum absolute atomic E-state index is 2.46. The zero-order valence-electron chi connectivity index (χ0n) is 7.81. The lowest BCUT2D eigenvalue weighted by molar-refractivity contribution is 0.185. The molecule has 0 aliphatic rings. The Labute approximate surface area is 72.2 Å². The van der Waals surface area contributed by atoms with Gasteiger partial charge < -0.3 is 0 Å². The molecule has 0 unspecified atom stereocenters. The minimum Gasteiger partial charge on any atom is -0.299 e. The van der Waals surface area contributed by atoms with E-state index >= 15 is 0 Å². The Morgan fingerprint density at radius 1 is 1.00 bits per heavy atom. The first-order chi connectivity index (χ1) is 4.09. The van der Waals surface area contributed by atoms with Crippen molar-refractivity contribution in [2.24, 2.45) is 0 Å². The summed E-state index contributed by atoms with van der Waals surface area (Å²) in [4.78, 5) is 2.46. The highest BCUT2D eigenvalue weighted by molar-refractivity contribution is 7.59. The third kappa shape index (κ3) is 4.18. The average molecular weight is 163 g/mol. The van der Waals surface area contributed by atoms with Crippen molar-refractivity contribution in [1.82, 2.24) is 4.90 Å². The Morgan fingerprint density at radius 3 is 1.30 bits per heavy atom. The summed E-state index contributed by atoms with van der Waals surface area (Å²) < 4.78 is 0. The maximum Gasteiger partial charge on any atom is 0.00411 e. The number of hydrogen-bond acceptors (Lipinski definition) is 1. The Hall–Kier alpha value is 0.310. The van der Waals surface area contributed by atoms with Gasteiger partial charge in [-0.25, -0.2) is 0 Å². The minimum absolute atomic E-state index is 0. The molecule has 10 heavy (non-hydrogen) atoms. The molecular weight excluding hydrogens is 142 g/mol. The highest BCUT2D eigenvalue weighted by Crippen LogP contribution is 2.02. The fraction of sp³-hybridized carbons (Fsp3) is 1.00. The van der Waals surface area contributed by atoms with Crippen LogP contribution in [0.5, 0.6) is 0 Å². The summed E-state index contributed by atoms with van der Waals surface area (Å²) in [6.07, 6.45) is 0. The van der Waals surface area contributed by atoms with Gasteiger partial charge in [-0.05, 0) is 34.2 Å². The Balaban J connectivity index is 0. The monoisotopic (exact) mass is 163 g/mol. The van der Waals surface area contributed by atoms with Crippen LogP contribution in [0, 0.1) is 0 Å².